The molecule has 0 heterocycles. The smallest absolute Gasteiger partial charge is 0.405 e. The molecule has 1 atom stereocenters. The van der Waals surface area contributed by atoms with Crippen molar-refractivity contribution in [2.24, 2.45) is 0 Å². The van der Waals surface area contributed by atoms with E-state index in [1.807, 2.05) is 0 Å². The predicted molar refractivity (Wildman–Crippen MR) is 55.8 cm³/mol. The summed E-state index contributed by atoms with van der Waals surface area (Å²) in [7, 11) is 0. The molecule has 2 nitrogen and oxygen atoms in total. The normalized spacial score (nSPS) is 13.3. The minimum Gasteiger partial charge on any atom is -0.405 e. The van der Waals surface area contributed by atoms with E-state index in [9.17, 15) is 22.4 Å². The van der Waals surface area contributed by atoms with Gasteiger partial charge in [0.2, 0.25) is 0 Å². The molecule has 1 aromatic rings. The van der Waals surface area contributed by atoms with Crippen LogP contribution in [0.2, 0.25) is 0 Å². The van der Waals surface area contributed by atoms with Gasteiger partial charge in [0.25, 0.3) is 0 Å². The summed E-state index contributed by atoms with van der Waals surface area (Å²) in [6, 6.07) is 2.37. The minimum absolute atomic E-state index is 0.326. The van der Waals surface area contributed by atoms with Crippen molar-refractivity contribution in [3.63, 3.8) is 0 Å². The summed E-state index contributed by atoms with van der Waals surface area (Å²) in [5.41, 5.74) is -0.326. The van der Waals surface area contributed by atoms with Crippen molar-refractivity contribution in [2.75, 3.05) is 0 Å². The third kappa shape index (κ3) is 3.99. The van der Waals surface area contributed by atoms with Crippen LogP contribution in [0.4, 0.5) is 17.6 Å². The Morgan fingerprint density at radius 2 is 2.00 bits per heavy atom. The number of carbonyl (C=O) groups is 1. The topological polar surface area (TPSA) is 26.3 Å². The van der Waals surface area contributed by atoms with Gasteiger partial charge in [0.15, 0.2) is 5.78 Å². The highest BCUT2D eigenvalue weighted by Gasteiger charge is 2.33. The number of halogens is 5. The van der Waals surface area contributed by atoms with E-state index in [-0.39, 0.29) is 5.56 Å². The van der Waals surface area contributed by atoms with Crippen LogP contribution in [-0.4, -0.2) is 17.0 Å². The molecule has 0 spiro atoms. The lowest BCUT2D eigenvalue weighted by Gasteiger charge is -2.13. The highest BCUT2D eigenvalue weighted by Crippen LogP contribution is 2.28. The molecule has 0 aliphatic rings. The van der Waals surface area contributed by atoms with Crippen LogP contribution in [0.3, 0.4) is 0 Å². The molecule has 0 radical (unpaired) electrons. The van der Waals surface area contributed by atoms with E-state index < -0.39 is 28.5 Å². The third-order valence-corrected chi connectivity index (χ3v) is 2.21. The van der Waals surface area contributed by atoms with E-state index in [1.165, 1.54) is 6.92 Å². The average Bonchev–Trinajstić information content (AvgIpc) is 2.14. The average molecular weight is 315 g/mol. The van der Waals surface area contributed by atoms with Crippen molar-refractivity contribution in [3.05, 3.63) is 29.6 Å². The van der Waals surface area contributed by atoms with E-state index in [2.05, 4.69) is 20.7 Å². The zero-order chi connectivity index (χ0) is 13.2. The van der Waals surface area contributed by atoms with Gasteiger partial charge in [0.1, 0.15) is 11.6 Å². The maximum atomic E-state index is 12.8. The molecule has 0 aliphatic heterocycles. The Morgan fingerprint density at radius 1 is 1.41 bits per heavy atom. The molecule has 0 fully saturated rings. The lowest BCUT2D eigenvalue weighted by molar-refractivity contribution is -0.274. The van der Waals surface area contributed by atoms with Gasteiger partial charge >= 0.3 is 6.36 Å². The number of ketones is 1. The van der Waals surface area contributed by atoms with Crippen LogP contribution in [0.25, 0.3) is 0 Å². The van der Waals surface area contributed by atoms with Crippen molar-refractivity contribution in [3.8, 4) is 5.75 Å². The SMILES string of the molecule is CC(Br)C(=O)c1ccc(F)cc1OC(F)(F)F. The Bertz CT molecular complexity index is 429. The van der Waals surface area contributed by atoms with E-state index in [0.29, 0.717) is 6.07 Å². The predicted octanol–water partition coefficient (Wildman–Crippen LogP) is 3.69. The molecule has 0 amide bonds. The van der Waals surface area contributed by atoms with Gasteiger partial charge in [0, 0.05) is 6.07 Å². The Balaban J connectivity index is 3.17. The van der Waals surface area contributed by atoms with Crippen LogP contribution >= 0.6 is 15.9 Å². The summed E-state index contributed by atoms with van der Waals surface area (Å²) < 4.78 is 52.6. The van der Waals surface area contributed by atoms with Crippen molar-refractivity contribution < 1.29 is 27.1 Å². The molecule has 0 N–H and O–H groups in total. The van der Waals surface area contributed by atoms with E-state index in [0.717, 1.165) is 12.1 Å². The monoisotopic (exact) mass is 314 g/mol. The summed E-state index contributed by atoms with van der Waals surface area (Å²) in [6.07, 6.45) is -4.97. The van der Waals surface area contributed by atoms with Crippen molar-refractivity contribution in [2.45, 2.75) is 18.1 Å². The number of alkyl halides is 4. The molecule has 1 rings (SSSR count). The van der Waals surface area contributed by atoms with Gasteiger partial charge in [-0.15, -0.1) is 13.2 Å². The first-order valence-corrected chi connectivity index (χ1v) is 5.36. The Morgan fingerprint density at radius 3 is 2.47 bits per heavy atom. The maximum absolute atomic E-state index is 12.8. The molecule has 1 unspecified atom stereocenters. The van der Waals surface area contributed by atoms with Crippen LogP contribution in [-0.2, 0) is 0 Å². The van der Waals surface area contributed by atoms with Crippen LogP contribution in [0, 0.1) is 5.82 Å². The third-order valence-electron chi connectivity index (χ3n) is 1.80. The summed E-state index contributed by atoms with van der Waals surface area (Å²) in [6.45, 7) is 1.45. The Labute approximate surface area is 103 Å². The molecular formula is C10H7BrF4O2. The van der Waals surface area contributed by atoms with Crippen molar-refractivity contribution in [1.82, 2.24) is 0 Å². The van der Waals surface area contributed by atoms with Gasteiger partial charge < -0.3 is 4.74 Å². The van der Waals surface area contributed by atoms with Crippen LogP contribution in [0.1, 0.15) is 17.3 Å². The highest BCUT2D eigenvalue weighted by atomic mass is 79.9. The number of Topliss-reactive ketones (excluding diaryl/α,β-unsaturated/α-hetero) is 1. The molecule has 0 aliphatic carbocycles. The second kappa shape index (κ2) is 5.03. The number of carbonyl (C=O) groups excluding carboxylic acids is 1. The van der Waals surface area contributed by atoms with E-state index in [1.54, 1.807) is 0 Å². The largest absolute Gasteiger partial charge is 0.573 e. The number of hydrogen-bond acceptors (Lipinski definition) is 2. The fourth-order valence-electron chi connectivity index (χ4n) is 1.12. The molecule has 7 heteroatoms. The summed E-state index contributed by atoms with van der Waals surface area (Å²) in [5.74, 6) is -2.37. The second-order valence-electron chi connectivity index (χ2n) is 3.17. The number of ether oxygens (including phenoxy) is 1. The zero-order valence-corrected chi connectivity index (χ0v) is 10.1. The van der Waals surface area contributed by atoms with Crippen LogP contribution in [0.15, 0.2) is 18.2 Å². The summed E-state index contributed by atoms with van der Waals surface area (Å²) >= 11 is 2.93. The second-order valence-corrected chi connectivity index (χ2v) is 4.54. The van der Waals surface area contributed by atoms with E-state index in [4.69, 9.17) is 0 Å². The van der Waals surface area contributed by atoms with Gasteiger partial charge in [-0.2, -0.15) is 0 Å². The zero-order valence-electron chi connectivity index (χ0n) is 8.52. The summed E-state index contributed by atoms with van der Waals surface area (Å²) in [4.78, 5) is 10.9. The molecule has 94 valence electrons. The molecule has 0 bridgehead atoms. The molecule has 0 aromatic heterocycles. The highest BCUT2D eigenvalue weighted by molar-refractivity contribution is 9.10. The van der Waals surface area contributed by atoms with Gasteiger partial charge in [-0.1, -0.05) is 15.9 Å². The first-order chi connectivity index (χ1) is 7.70. The first kappa shape index (κ1) is 14.0. The van der Waals surface area contributed by atoms with Gasteiger partial charge in [-0.25, -0.2) is 4.39 Å². The standard InChI is InChI=1S/C10H7BrF4O2/c1-5(11)9(16)7-3-2-6(12)4-8(7)17-10(13,14)15/h2-5H,1H3. The fraction of sp³-hybridized carbons (Fsp3) is 0.300. The van der Waals surface area contributed by atoms with Gasteiger partial charge in [-0.3, -0.25) is 4.79 Å². The van der Waals surface area contributed by atoms with Gasteiger partial charge in [-0.05, 0) is 19.1 Å². The lowest BCUT2D eigenvalue weighted by Crippen LogP contribution is -2.20. The first-order valence-electron chi connectivity index (χ1n) is 4.44. The fourth-order valence-corrected chi connectivity index (χ4v) is 1.37. The quantitative estimate of drug-likeness (QED) is 0.483. The Hall–Kier alpha value is -1.11. The molecule has 0 saturated heterocycles. The van der Waals surface area contributed by atoms with Crippen molar-refractivity contribution in [1.29, 1.82) is 0 Å². The molecule has 0 saturated carbocycles. The van der Waals surface area contributed by atoms with Crippen LogP contribution < -0.4 is 4.74 Å². The maximum Gasteiger partial charge on any atom is 0.573 e. The van der Waals surface area contributed by atoms with Crippen molar-refractivity contribution >= 4 is 21.7 Å². The molecule has 1 aromatic carbocycles. The minimum atomic E-state index is -4.97. The number of benzene rings is 1. The van der Waals surface area contributed by atoms with Crippen LogP contribution in [0.5, 0.6) is 5.75 Å². The Kier molecular flexibility index (Phi) is 4.13. The molecular weight excluding hydrogens is 308 g/mol. The van der Waals surface area contributed by atoms with Gasteiger partial charge in [0.05, 0.1) is 10.4 Å². The van der Waals surface area contributed by atoms with E-state index >= 15 is 0 Å². The number of hydrogen-bond donors (Lipinski definition) is 0. The number of rotatable bonds is 3. The molecule has 17 heavy (non-hydrogen) atoms. The summed E-state index contributed by atoms with van der Waals surface area (Å²) in [5, 5.41) is 0. The lowest BCUT2D eigenvalue weighted by atomic mass is 10.1.